The number of para-hydroxylation sites is 1. The molecule has 0 unspecified atom stereocenters. The van der Waals surface area contributed by atoms with E-state index in [0.29, 0.717) is 25.8 Å². The van der Waals surface area contributed by atoms with E-state index in [0.717, 1.165) is 37.7 Å². The Morgan fingerprint density at radius 2 is 1.88 bits per heavy atom. The summed E-state index contributed by atoms with van der Waals surface area (Å²) >= 11 is 0. The van der Waals surface area contributed by atoms with E-state index in [1.807, 2.05) is 23.2 Å². The lowest BCUT2D eigenvalue weighted by Crippen LogP contribution is -2.33. The van der Waals surface area contributed by atoms with E-state index in [2.05, 4.69) is 28.8 Å². The maximum Gasteiger partial charge on any atom is 0.305 e. The lowest BCUT2D eigenvalue weighted by atomic mass is 10.1. The molecule has 1 heterocycles. The van der Waals surface area contributed by atoms with Crippen molar-refractivity contribution in [2.45, 2.75) is 51.9 Å². The van der Waals surface area contributed by atoms with Gasteiger partial charge in [0, 0.05) is 43.0 Å². The highest BCUT2D eigenvalue weighted by molar-refractivity contribution is 5.83. The first-order valence-electron chi connectivity index (χ1n) is 9.55. The third-order valence-electron chi connectivity index (χ3n) is 4.71. The number of fused-ring (bicyclic) bond motifs is 1. The second-order valence-electron chi connectivity index (χ2n) is 6.63. The summed E-state index contributed by atoms with van der Waals surface area (Å²) < 4.78 is 4.64. The van der Waals surface area contributed by atoms with Crippen molar-refractivity contribution in [1.82, 2.24) is 9.88 Å². The van der Waals surface area contributed by atoms with Crippen molar-refractivity contribution < 1.29 is 14.3 Å². The number of aromatic amines is 1. The van der Waals surface area contributed by atoms with Gasteiger partial charge in [0.25, 0.3) is 0 Å². The van der Waals surface area contributed by atoms with Gasteiger partial charge in [0.1, 0.15) is 0 Å². The van der Waals surface area contributed by atoms with Gasteiger partial charge in [-0.15, -0.1) is 0 Å². The first-order valence-corrected chi connectivity index (χ1v) is 9.55. The smallest absolute Gasteiger partial charge is 0.305 e. The average molecular weight is 358 g/mol. The molecule has 1 N–H and O–H groups in total. The Balaban J connectivity index is 1.92. The van der Waals surface area contributed by atoms with Gasteiger partial charge in [-0.1, -0.05) is 38.0 Å². The summed E-state index contributed by atoms with van der Waals surface area (Å²) in [6, 6.07) is 8.23. The monoisotopic (exact) mass is 358 g/mol. The topological polar surface area (TPSA) is 62.4 Å². The number of carbonyl (C=O) groups is 2. The molecule has 1 aromatic heterocycles. The minimum absolute atomic E-state index is 0.129. The number of unbranched alkanes of at least 4 members (excludes halogenated alkanes) is 2. The fourth-order valence-electron chi connectivity index (χ4n) is 3.15. The Hall–Kier alpha value is -2.30. The van der Waals surface area contributed by atoms with Gasteiger partial charge in [0.05, 0.1) is 7.11 Å². The SMILES string of the molecule is CCCCCN(CCc1c[nH]c2ccccc12)C(=O)CCCC(=O)OC. The van der Waals surface area contributed by atoms with Crippen LogP contribution in [0.25, 0.3) is 10.9 Å². The molecule has 0 radical (unpaired) electrons. The minimum Gasteiger partial charge on any atom is -0.469 e. The number of esters is 1. The molecule has 2 aromatic rings. The molecular formula is C21H30N2O3. The summed E-state index contributed by atoms with van der Waals surface area (Å²) in [6.45, 7) is 3.66. The molecule has 0 atom stereocenters. The minimum atomic E-state index is -0.255. The second-order valence-corrected chi connectivity index (χ2v) is 6.63. The fraction of sp³-hybridized carbons (Fsp3) is 0.524. The van der Waals surface area contributed by atoms with Crippen LogP contribution in [0.3, 0.4) is 0 Å². The molecule has 1 aromatic carbocycles. The number of nitrogens with zero attached hydrogens (tertiary/aromatic N) is 1. The summed E-state index contributed by atoms with van der Waals surface area (Å²) in [5, 5.41) is 1.22. The number of hydrogen-bond acceptors (Lipinski definition) is 3. The molecule has 142 valence electrons. The van der Waals surface area contributed by atoms with Crippen LogP contribution in [-0.2, 0) is 20.7 Å². The van der Waals surface area contributed by atoms with Gasteiger partial charge in [-0.2, -0.15) is 0 Å². The number of benzene rings is 1. The van der Waals surface area contributed by atoms with Crippen LogP contribution in [0.2, 0.25) is 0 Å². The highest BCUT2D eigenvalue weighted by atomic mass is 16.5. The van der Waals surface area contributed by atoms with Gasteiger partial charge >= 0.3 is 5.97 Å². The maximum absolute atomic E-state index is 12.6. The van der Waals surface area contributed by atoms with E-state index >= 15 is 0 Å². The Morgan fingerprint density at radius 3 is 2.65 bits per heavy atom. The molecule has 0 spiro atoms. The molecule has 1 amide bonds. The maximum atomic E-state index is 12.6. The normalized spacial score (nSPS) is 10.8. The second kappa shape index (κ2) is 10.6. The van der Waals surface area contributed by atoms with Gasteiger partial charge in [-0.05, 0) is 30.9 Å². The molecule has 0 saturated carbocycles. The Bertz CT molecular complexity index is 708. The summed E-state index contributed by atoms with van der Waals surface area (Å²) in [6.07, 6.45) is 7.39. The van der Waals surface area contributed by atoms with Crippen molar-refractivity contribution in [1.29, 1.82) is 0 Å². The van der Waals surface area contributed by atoms with Gasteiger partial charge in [-0.25, -0.2) is 0 Å². The Labute approximate surface area is 155 Å². The van der Waals surface area contributed by atoms with Crippen molar-refractivity contribution in [2.24, 2.45) is 0 Å². The molecule has 0 fully saturated rings. The van der Waals surface area contributed by atoms with Crippen molar-refractivity contribution in [3.63, 3.8) is 0 Å². The van der Waals surface area contributed by atoms with E-state index < -0.39 is 0 Å². The van der Waals surface area contributed by atoms with Crippen LogP contribution in [0.15, 0.2) is 30.5 Å². The van der Waals surface area contributed by atoms with Gasteiger partial charge in [0.15, 0.2) is 0 Å². The zero-order chi connectivity index (χ0) is 18.8. The molecule has 0 aliphatic heterocycles. The molecule has 0 aliphatic carbocycles. The summed E-state index contributed by atoms with van der Waals surface area (Å²) in [5.74, 6) is -0.126. The van der Waals surface area contributed by atoms with Gasteiger partial charge in [-0.3, -0.25) is 9.59 Å². The number of aromatic nitrogens is 1. The third-order valence-corrected chi connectivity index (χ3v) is 4.71. The van der Waals surface area contributed by atoms with Crippen molar-refractivity contribution in [3.05, 3.63) is 36.0 Å². The van der Waals surface area contributed by atoms with E-state index in [9.17, 15) is 9.59 Å². The zero-order valence-corrected chi connectivity index (χ0v) is 15.9. The van der Waals surface area contributed by atoms with Crippen LogP contribution in [0.5, 0.6) is 0 Å². The molecule has 2 rings (SSSR count). The largest absolute Gasteiger partial charge is 0.469 e. The fourth-order valence-corrected chi connectivity index (χ4v) is 3.15. The van der Waals surface area contributed by atoms with Crippen molar-refractivity contribution >= 4 is 22.8 Å². The van der Waals surface area contributed by atoms with Crippen LogP contribution in [-0.4, -0.2) is 42.0 Å². The quantitative estimate of drug-likeness (QED) is 0.486. The lowest BCUT2D eigenvalue weighted by Gasteiger charge is -2.23. The molecule has 0 saturated heterocycles. The number of H-pyrrole nitrogens is 1. The zero-order valence-electron chi connectivity index (χ0n) is 15.9. The number of hydrogen-bond donors (Lipinski definition) is 1. The molecule has 5 heteroatoms. The summed E-state index contributed by atoms with van der Waals surface area (Å²) in [4.78, 5) is 29.1. The van der Waals surface area contributed by atoms with Gasteiger partial charge in [0.2, 0.25) is 5.91 Å². The van der Waals surface area contributed by atoms with Crippen LogP contribution < -0.4 is 0 Å². The average Bonchev–Trinajstić information content (AvgIpc) is 3.07. The third kappa shape index (κ3) is 5.90. The molecule has 0 bridgehead atoms. The van der Waals surface area contributed by atoms with Crippen molar-refractivity contribution in [2.75, 3.05) is 20.2 Å². The molecular weight excluding hydrogens is 328 g/mol. The number of ether oxygens (including phenoxy) is 1. The predicted molar refractivity (Wildman–Crippen MR) is 104 cm³/mol. The standard InChI is InChI=1S/C21H30N2O3/c1-3-4-7-14-23(20(24)11-8-12-21(25)26-2)15-13-17-16-22-19-10-6-5-9-18(17)19/h5-6,9-10,16,22H,3-4,7-8,11-15H2,1-2H3. The Kier molecular flexibility index (Phi) is 8.19. The summed E-state index contributed by atoms with van der Waals surface area (Å²) in [7, 11) is 1.38. The molecule has 0 aliphatic rings. The molecule has 5 nitrogen and oxygen atoms in total. The van der Waals surface area contributed by atoms with E-state index in [4.69, 9.17) is 0 Å². The van der Waals surface area contributed by atoms with Crippen LogP contribution in [0, 0.1) is 0 Å². The Morgan fingerprint density at radius 1 is 1.08 bits per heavy atom. The van der Waals surface area contributed by atoms with Crippen LogP contribution in [0.1, 0.15) is 51.0 Å². The first kappa shape index (κ1) is 20.0. The molecule has 26 heavy (non-hydrogen) atoms. The lowest BCUT2D eigenvalue weighted by molar-refractivity contribution is -0.140. The highest BCUT2D eigenvalue weighted by Crippen LogP contribution is 2.18. The van der Waals surface area contributed by atoms with E-state index in [-0.39, 0.29) is 11.9 Å². The first-order chi connectivity index (χ1) is 12.7. The number of methoxy groups -OCH3 is 1. The van der Waals surface area contributed by atoms with Crippen molar-refractivity contribution in [3.8, 4) is 0 Å². The number of nitrogens with one attached hydrogen (secondary N) is 1. The van der Waals surface area contributed by atoms with Gasteiger partial charge < -0.3 is 14.6 Å². The number of rotatable bonds is 11. The highest BCUT2D eigenvalue weighted by Gasteiger charge is 2.15. The summed E-state index contributed by atoms with van der Waals surface area (Å²) in [5.41, 5.74) is 2.37. The van der Waals surface area contributed by atoms with E-state index in [1.165, 1.54) is 18.1 Å². The number of carbonyl (C=O) groups excluding carboxylic acids is 2. The van der Waals surface area contributed by atoms with Crippen LogP contribution >= 0.6 is 0 Å². The number of amides is 1. The van der Waals surface area contributed by atoms with E-state index in [1.54, 1.807) is 0 Å². The van der Waals surface area contributed by atoms with Crippen LogP contribution in [0.4, 0.5) is 0 Å². The predicted octanol–water partition coefficient (Wildman–Crippen LogP) is 4.07.